The van der Waals surface area contributed by atoms with Gasteiger partial charge in [0.2, 0.25) is 5.91 Å². The van der Waals surface area contributed by atoms with Crippen molar-refractivity contribution in [2.24, 2.45) is 0 Å². The highest BCUT2D eigenvalue weighted by Gasteiger charge is 2.48. The van der Waals surface area contributed by atoms with E-state index in [0.29, 0.717) is 6.42 Å². The molecule has 300 valence electrons. The van der Waals surface area contributed by atoms with Crippen LogP contribution in [0.3, 0.4) is 0 Å². The average molecular weight is 750 g/mol. The second kappa shape index (κ2) is 30.0. The Bertz CT molecular complexity index is 1030. The van der Waals surface area contributed by atoms with E-state index in [9.17, 15) is 33.6 Å². The molecule has 0 aliphatic carbocycles. The molecule has 1 aliphatic rings. The van der Waals surface area contributed by atoms with Crippen LogP contribution in [0.2, 0.25) is 0 Å². The zero-order valence-corrected chi connectivity index (χ0v) is 32.2. The third-order valence-electron chi connectivity index (χ3n) is 9.23. The van der Waals surface area contributed by atoms with Gasteiger partial charge in [0.1, 0.15) is 24.4 Å². The first kappa shape index (κ1) is 47.6. The van der Waals surface area contributed by atoms with E-state index in [1.807, 2.05) is 6.08 Å². The van der Waals surface area contributed by atoms with Gasteiger partial charge < -0.3 is 35.2 Å². The molecule has 0 spiro atoms. The maximum absolute atomic E-state index is 12.9. The molecule has 7 unspecified atom stereocenters. The summed E-state index contributed by atoms with van der Waals surface area (Å²) in [5.41, 5.74) is 0. The van der Waals surface area contributed by atoms with E-state index in [-0.39, 0.29) is 18.9 Å². The Balaban J connectivity index is 2.59. The van der Waals surface area contributed by atoms with Gasteiger partial charge in [0.25, 0.3) is 0 Å². The fourth-order valence-corrected chi connectivity index (χ4v) is 6.60. The summed E-state index contributed by atoms with van der Waals surface area (Å²) >= 11 is 0. The van der Waals surface area contributed by atoms with Gasteiger partial charge in [-0.3, -0.25) is 9.35 Å². The van der Waals surface area contributed by atoms with Crippen LogP contribution in [-0.2, 0) is 28.9 Å². The lowest BCUT2D eigenvalue weighted by molar-refractivity contribution is -0.298. The summed E-state index contributed by atoms with van der Waals surface area (Å²) in [6.07, 6.45) is 22.3. The number of rotatable bonds is 32. The average Bonchev–Trinajstić information content (AvgIpc) is 3.09. The first-order chi connectivity index (χ1) is 24.5. The SMILES string of the molecule is CCCCCC/C=C\CCCCCCCCCC(=O)NC(COC1OC(CO)C(O)C(OS(=O)(=O)O)C1O)C(O)/C=C/CCCCCCCCC. The second-order valence-corrected chi connectivity index (χ2v) is 14.9. The van der Waals surface area contributed by atoms with Crippen molar-refractivity contribution in [3.8, 4) is 0 Å². The van der Waals surface area contributed by atoms with Gasteiger partial charge in [0.05, 0.1) is 25.4 Å². The zero-order valence-electron chi connectivity index (χ0n) is 31.4. The molecule has 1 heterocycles. The van der Waals surface area contributed by atoms with Gasteiger partial charge in [0.15, 0.2) is 6.29 Å². The summed E-state index contributed by atoms with van der Waals surface area (Å²) in [6.45, 7) is 3.30. The Hall–Kier alpha value is -1.42. The summed E-state index contributed by atoms with van der Waals surface area (Å²) in [5.74, 6) is -0.272. The van der Waals surface area contributed by atoms with Crippen molar-refractivity contribution in [2.75, 3.05) is 13.2 Å². The van der Waals surface area contributed by atoms with Crippen molar-refractivity contribution >= 4 is 16.3 Å². The highest BCUT2D eigenvalue weighted by molar-refractivity contribution is 7.80. The number of carbonyl (C=O) groups is 1. The number of unbranched alkanes of at least 4 members (excludes halogenated alkanes) is 18. The quantitative estimate of drug-likeness (QED) is 0.0260. The van der Waals surface area contributed by atoms with Gasteiger partial charge in [0, 0.05) is 6.42 Å². The molecule has 51 heavy (non-hydrogen) atoms. The molecule has 12 nitrogen and oxygen atoms in total. The van der Waals surface area contributed by atoms with Crippen molar-refractivity contribution in [3.05, 3.63) is 24.3 Å². The number of allylic oxidation sites excluding steroid dienone is 3. The molecule has 1 rings (SSSR count). The molecule has 0 aromatic rings. The first-order valence-electron chi connectivity index (χ1n) is 19.7. The van der Waals surface area contributed by atoms with Crippen molar-refractivity contribution in [3.63, 3.8) is 0 Å². The highest BCUT2D eigenvalue weighted by Crippen LogP contribution is 2.26. The summed E-state index contributed by atoms with van der Waals surface area (Å²) < 4.78 is 47.3. The Labute approximate surface area is 308 Å². The van der Waals surface area contributed by atoms with E-state index in [1.165, 1.54) is 77.0 Å². The third kappa shape index (κ3) is 23.8. The molecule has 7 atom stereocenters. The highest BCUT2D eigenvalue weighted by atomic mass is 32.3. The normalized spacial score (nSPS) is 22.5. The summed E-state index contributed by atoms with van der Waals surface area (Å²) in [5, 5.41) is 44.4. The van der Waals surface area contributed by atoms with Gasteiger partial charge in [-0.1, -0.05) is 128 Å². The van der Waals surface area contributed by atoms with Crippen molar-refractivity contribution < 1.29 is 51.8 Å². The lowest BCUT2D eigenvalue weighted by Crippen LogP contribution is -2.61. The lowest BCUT2D eigenvalue weighted by atomic mass is 9.99. The third-order valence-corrected chi connectivity index (χ3v) is 9.69. The number of amides is 1. The van der Waals surface area contributed by atoms with Gasteiger partial charge in [-0.05, 0) is 44.9 Å². The summed E-state index contributed by atoms with van der Waals surface area (Å²) in [6, 6.07) is -0.940. The molecule has 13 heteroatoms. The molecule has 6 N–H and O–H groups in total. The maximum Gasteiger partial charge on any atom is 0.397 e. The van der Waals surface area contributed by atoms with Crippen molar-refractivity contribution in [1.82, 2.24) is 5.32 Å². The molecular weight excluding hydrogens is 678 g/mol. The minimum Gasteiger partial charge on any atom is -0.394 e. The minimum atomic E-state index is -5.08. The molecule has 1 saturated heterocycles. The van der Waals surface area contributed by atoms with E-state index in [2.05, 4.69) is 35.5 Å². The monoisotopic (exact) mass is 749 g/mol. The minimum absolute atomic E-state index is 0.264. The molecule has 0 aromatic heterocycles. The topological polar surface area (TPSA) is 192 Å². The van der Waals surface area contributed by atoms with Gasteiger partial charge >= 0.3 is 10.4 Å². The summed E-state index contributed by atoms with van der Waals surface area (Å²) in [7, 11) is -5.08. The molecule has 1 fully saturated rings. The molecule has 1 amide bonds. The van der Waals surface area contributed by atoms with E-state index < -0.39 is 59.9 Å². The maximum atomic E-state index is 12.9. The largest absolute Gasteiger partial charge is 0.397 e. The van der Waals surface area contributed by atoms with Crippen LogP contribution in [0.15, 0.2) is 24.3 Å². The number of ether oxygens (including phenoxy) is 2. The Morgan fingerprint density at radius 2 is 1.25 bits per heavy atom. The van der Waals surface area contributed by atoms with Gasteiger partial charge in [-0.2, -0.15) is 8.42 Å². The molecule has 0 aromatic carbocycles. The predicted octanol–water partition coefficient (Wildman–Crippen LogP) is 6.21. The predicted molar refractivity (Wildman–Crippen MR) is 199 cm³/mol. The Morgan fingerprint density at radius 3 is 1.78 bits per heavy atom. The molecule has 0 radical (unpaired) electrons. The molecular formula is C38H71NO11S. The van der Waals surface area contributed by atoms with E-state index >= 15 is 0 Å². The van der Waals surface area contributed by atoms with Crippen LogP contribution in [0.4, 0.5) is 0 Å². The second-order valence-electron chi connectivity index (χ2n) is 13.9. The van der Waals surface area contributed by atoms with E-state index in [1.54, 1.807) is 6.08 Å². The Kier molecular flexibility index (Phi) is 28.0. The lowest BCUT2D eigenvalue weighted by Gasteiger charge is -2.41. The van der Waals surface area contributed by atoms with Crippen LogP contribution in [0.25, 0.3) is 0 Å². The van der Waals surface area contributed by atoms with Crippen LogP contribution < -0.4 is 5.32 Å². The molecule has 0 bridgehead atoms. The van der Waals surface area contributed by atoms with Crippen LogP contribution in [0.1, 0.15) is 155 Å². The zero-order chi connectivity index (χ0) is 37.7. The number of carbonyl (C=O) groups excluding carboxylic acids is 1. The van der Waals surface area contributed by atoms with Crippen LogP contribution in [0, 0.1) is 0 Å². The van der Waals surface area contributed by atoms with E-state index in [4.69, 9.17) is 14.0 Å². The summed E-state index contributed by atoms with van der Waals surface area (Å²) in [4.78, 5) is 12.9. The van der Waals surface area contributed by atoms with Gasteiger partial charge in [-0.15, -0.1) is 0 Å². The van der Waals surface area contributed by atoms with Crippen LogP contribution in [0.5, 0.6) is 0 Å². The smallest absolute Gasteiger partial charge is 0.394 e. The van der Waals surface area contributed by atoms with Crippen LogP contribution >= 0.6 is 0 Å². The fraction of sp³-hybridized carbons (Fsp3) is 0.868. The van der Waals surface area contributed by atoms with Crippen molar-refractivity contribution in [1.29, 1.82) is 0 Å². The number of aliphatic hydroxyl groups is 4. The molecule has 1 aliphatic heterocycles. The number of aliphatic hydroxyl groups excluding tert-OH is 4. The van der Waals surface area contributed by atoms with Gasteiger partial charge in [-0.25, -0.2) is 4.18 Å². The number of nitrogens with one attached hydrogen (secondary N) is 1. The number of hydrogen-bond acceptors (Lipinski definition) is 10. The van der Waals surface area contributed by atoms with E-state index in [0.717, 1.165) is 51.4 Å². The standard InChI is InChI=1S/C38H71NO11S/c1-3-5-7-9-11-13-14-15-16-17-18-20-22-24-26-28-34(42)39-31(32(41)27-25-23-21-19-12-10-8-6-4-2)30-48-38-36(44)37(50-51(45,46)47)35(43)33(29-40)49-38/h13-14,25,27,31-33,35-38,40-41,43-44H,3-12,15-24,26,28-30H2,1-2H3,(H,39,42)(H,45,46,47)/b14-13-,27-25+. The van der Waals surface area contributed by atoms with Crippen LogP contribution in [-0.4, -0.2) is 95.4 Å². The van der Waals surface area contributed by atoms with Crippen molar-refractivity contribution in [2.45, 2.75) is 198 Å². The first-order valence-corrected chi connectivity index (χ1v) is 21.1. The fourth-order valence-electron chi connectivity index (χ4n) is 6.09. The number of hydrogen-bond donors (Lipinski definition) is 6. The molecule has 0 saturated carbocycles. The Morgan fingerprint density at radius 1 is 0.765 bits per heavy atom.